The van der Waals surface area contributed by atoms with Gasteiger partial charge >= 0.3 is 0 Å². The van der Waals surface area contributed by atoms with Gasteiger partial charge in [0.15, 0.2) is 0 Å². The zero-order chi connectivity index (χ0) is 17.1. The van der Waals surface area contributed by atoms with Crippen molar-refractivity contribution in [1.82, 2.24) is 19.6 Å². The van der Waals surface area contributed by atoms with Crippen LogP contribution in [0.3, 0.4) is 0 Å². The molecule has 0 aliphatic carbocycles. The smallest absolute Gasteiger partial charge is 0.223 e. The van der Waals surface area contributed by atoms with E-state index in [0.717, 1.165) is 58.8 Å². The Morgan fingerprint density at radius 2 is 2.08 bits per heavy atom. The maximum Gasteiger partial charge on any atom is 0.223 e. The number of nitrogens with two attached hydrogens (primary N) is 1. The SMILES string of the molecule is Cc1c(CN2CCN(C3CCOCC3)CC(C(N)=O)C2)cnn1C. The third kappa shape index (κ3) is 3.96. The van der Waals surface area contributed by atoms with Crippen LogP contribution in [-0.2, 0) is 23.1 Å². The van der Waals surface area contributed by atoms with Gasteiger partial charge in [-0.3, -0.25) is 19.3 Å². The molecule has 1 amide bonds. The van der Waals surface area contributed by atoms with Crippen molar-refractivity contribution < 1.29 is 9.53 Å². The highest BCUT2D eigenvalue weighted by atomic mass is 16.5. The number of aromatic nitrogens is 2. The molecule has 1 unspecified atom stereocenters. The molecule has 1 atom stereocenters. The van der Waals surface area contributed by atoms with Crippen molar-refractivity contribution in [2.75, 3.05) is 39.4 Å². The molecule has 0 aromatic carbocycles. The molecule has 7 heteroatoms. The number of hydrogen-bond donors (Lipinski definition) is 1. The molecule has 3 heterocycles. The molecular formula is C17H29N5O2. The lowest BCUT2D eigenvalue weighted by Gasteiger charge is -2.34. The summed E-state index contributed by atoms with van der Waals surface area (Å²) in [5.41, 5.74) is 8.08. The van der Waals surface area contributed by atoms with Crippen molar-refractivity contribution >= 4 is 5.91 Å². The Kier molecular flexibility index (Phi) is 5.53. The molecule has 0 radical (unpaired) electrons. The van der Waals surface area contributed by atoms with Crippen molar-refractivity contribution in [1.29, 1.82) is 0 Å². The Balaban J connectivity index is 1.68. The van der Waals surface area contributed by atoms with E-state index in [1.807, 2.05) is 17.9 Å². The van der Waals surface area contributed by atoms with Crippen molar-refractivity contribution in [3.63, 3.8) is 0 Å². The normalized spacial score (nSPS) is 24.8. The van der Waals surface area contributed by atoms with Crippen LogP contribution in [0.5, 0.6) is 0 Å². The van der Waals surface area contributed by atoms with Crippen LogP contribution in [0.1, 0.15) is 24.1 Å². The van der Waals surface area contributed by atoms with Crippen LogP contribution < -0.4 is 5.73 Å². The van der Waals surface area contributed by atoms with E-state index in [-0.39, 0.29) is 11.8 Å². The summed E-state index contributed by atoms with van der Waals surface area (Å²) in [6, 6.07) is 0.515. The van der Waals surface area contributed by atoms with Gasteiger partial charge in [-0.25, -0.2) is 0 Å². The number of primary amides is 1. The van der Waals surface area contributed by atoms with Gasteiger partial charge in [0.25, 0.3) is 0 Å². The molecule has 0 bridgehead atoms. The van der Waals surface area contributed by atoms with E-state index in [4.69, 9.17) is 10.5 Å². The molecule has 2 aliphatic rings. The Hall–Kier alpha value is -1.44. The fraction of sp³-hybridized carbons (Fsp3) is 0.765. The zero-order valence-electron chi connectivity index (χ0n) is 14.8. The molecule has 24 heavy (non-hydrogen) atoms. The van der Waals surface area contributed by atoms with Crippen molar-refractivity contribution in [2.45, 2.75) is 32.4 Å². The van der Waals surface area contributed by atoms with E-state index in [0.29, 0.717) is 6.04 Å². The second-order valence-electron chi connectivity index (χ2n) is 7.05. The van der Waals surface area contributed by atoms with E-state index < -0.39 is 0 Å². The third-order valence-corrected chi connectivity index (χ3v) is 5.48. The summed E-state index contributed by atoms with van der Waals surface area (Å²) in [6.45, 7) is 7.97. The molecule has 3 rings (SSSR count). The molecule has 2 fully saturated rings. The quantitative estimate of drug-likeness (QED) is 0.846. The molecule has 7 nitrogen and oxygen atoms in total. The minimum absolute atomic E-state index is 0.118. The summed E-state index contributed by atoms with van der Waals surface area (Å²) >= 11 is 0. The van der Waals surface area contributed by atoms with Gasteiger partial charge in [0.2, 0.25) is 5.91 Å². The molecule has 2 aliphatic heterocycles. The van der Waals surface area contributed by atoms with Crippen molar-refractivity contribution in [3.8, 4) is 0 Å². The summed E-state index contributed by atoms with van der Waals surface area (Å²) in [4.78, 5) is 16.7. The summed E-state index contributed by atoms with van der Waals surface area (Å²) < 4.78 is 7.37. The predicted octanol–water partition coefficient (Wildman–Crippen LogP) is 0.127. The fourth-order valence-electron chi connectivity index (χ4n) is 3.75. The number of nitrogens with zero attached hydrogens (tertiary/aromatic N) is 4. The summed E-state index contributed by atoms with van der Waals surface area (Å²) in [6.07, 6.45) is 4.02. The first kappa shape index (κ1) is 17.4. The van der Waals surface area contributed by atoms with Gasteiger partial charge in [0.1, 0.15) is 0 Å². The molecule has 0 saturated carbocycles. The standard InChI is InChI=1S/C17H29N5O2/c1-13-14(9-19-20(13)2)10-21-5-6-22(12-15(11-21)17(18)23)16-3-7-24-8-4-16/h9,15-16H,3-8,10-12H2,1-2H3,(H2,18,23). The van der Waals surface area contributed by atoms with Crippen LogP contribution >= 0.6 is 0 Å². The zero-order valence-corrected chi connectivity index (χ0v) is 14.8. The number of aryl methyl sites for hydroxylation is 1. The van der Waals surface area contributed by atoms with Gasteiger partial charge in [-0.1, -0.05) is 0 Å². The first-order valence-electron chi connectivity index (χ1n) is 8.85. The number of hydrogen-bond acceptors (Lipinski definition) is 5. The second kappa shape index (κ2) is 7.63. The lowest BCUT2D eigenvalue weighted by molar-refractivity contribution is -0.122. The number of carbonyl (C=O) groups excluding carboxylic acids is 1. The number of ether oxygens (including phenoxy) is 1. The van der Waals surface area contributed by atoms with Crippen LogP contribution in [0.25, 0.3) is 0 Å². The fourth-order valence-corrected chi connectivity index (χ4v) is 3.75. The van der Waals surface area contributed by atoms with Crippen molar-refractivity contribution in [3.05, 3.63) is 17.5 Å². The highest BCUT2D eigenvalue weighted by Gasteiger charge is 2.31. The monoisotopic (exact) mass is 335 g/mol. The minimum atomic E-state index is -0.193. The minimum Gasteiger partial charge on any atom is -0.381 e. The van der Waals surface area contributed by atoms with Gasteiger partial charge in [-0.15, -0.1) is 0 Å². The lowest BCUT2D eigenvalue weighted by atomic mass is 10.0. The Bertz CT molecular complexity index is 567. The summed E-state index contributed by atoms with van der Waals surface area (Å²) in [5, 5.41) is 4.32. The molecular weight excluding hydrogens is 306 g/mol. The Labute approximate surface area is 143 Å². The highest BCUT2D eigenvalue weighted by molar-refractivity contribution is 5.77. The van der Waals surface area contributed by atoms with Gasteiger partial charge in [-0.05, 0) is 19.8 Å². The van der Waals surface area contributed by atoms with Crippen LogP contribution in [0, 0.1) is 12.8 Å². The maximum absolute atomic E-state index is 11.9. The first-order valence-corrected chi connectivity index (χ1v) is 8.85. The largest absolute Gasteiger partial charge is 0.381 e. The van der Waals surface area contributed by atoms with E-state index in [1.54, 1.807) is 0 Å². The van der Waals surface area contributed by atoms with Crippen LogP contribution in [0.2, 0.25) is 0 Å². The third-order valence-electron chi connectivity index (χ3n) is 5.48. The molecule has 134 valence electrons. The topological polar surface area (TPSA) is 76.6 Å². The van der Waals surface area contributed by atoms with Crippen LogP contribution in [0.15, 0.2) is 6.20 Å². The Morgan fingerprint density at radius 3 is 2.71 bits per heavy atom. The number of amides is 1. The average molecular weight is 335 g/mol. The average Bonchev–Trinajstić information content (AvgIpc) is 2.79. The van der Waals surface area contributed by atoms with Gasteiger partial charge in [0, 0.05) is 70.3 Å². The van der Waals surface area contributed by atoms with Crippen LogP contribution in [0.4, 0.5) is 0 Å². The molecule has 1 aromatic heterocycles. The second-order valence-corrected chi connectivity index (χ2v) is 7.05. The molecule has 2 N–H and O–H groups in total. The summed E-state index contributed by atoms with van der Waals surface area (Å²) in [7, 11) is 1.96. The lowest BCUT2D eigenvalue weighted by Crippen LogP contribution is -2.44. The van der Waals surface area contributed by atoms with E-state index in [9.17, 15) is 4.79 Å². The number of carbonyl (C=O) groups is 1. The predicted molar refractivity (Wildman–Crippen MR) is 91.3 cm³/mol. The Morgan fingerprint density at radius 1 is 1.33 bits per heavy atom. The van der Waals surface area contributed by atoms with E-state index in [1.165, 1.54) is 11.3 Å². The van der Waals surface area contributed by atoms with Gasteiger partial charge in [0.05, 0.1) is 12.1 Å². The molecule has 1 aromatic rings. The van der Waals surface area contributed by atoms with Crippen LogP contribution in [-0.4, -0.2) is 70.9 Å². The number of rotatable bonds is 4. The van der Waals surface area contributed by atoms with Gasteiger partial charge < -0.3 is 10.5 Å². The maximum atomic E-state index is 11.9. The molecule has 2 saturated heterocycles. The van der Waals surface area contributed by atoms with E-state index >= 15 is 0 Å². The van der Waals surface area contributed by atoms with Crippen molar-refractivity contribution in [2.24, 2.45) is 18.7 Å². The first-order chi connectivity index (χ1) is 11.5. The highest BCUT2D eigenvalue weighted by Crippen LogP contribution is 2.20. The summed E-state index contributed by atoms with van der Waals surface area (Å²) in [5.74, 6) is -0.311. The van der Waals surface area contributed by atoms with Gasteiger partial charge in [-0.2, -0.15) is 5.10 Å². The van der Waals surface area contributed by atoms with E-state index in [2.05, 4.69) is 21.8 Å². The molecule has 0 spiro atoms.